The van der Waals surface area contributed by atoms with E-state index in [9.17, 15) is 19.7 Å². The molecule has 1 heterocycles. The van der Waals surface area contributed by atoms with Gasteiger partial charge in [0.05, 0.1) is 16.4 Å². The van der Waals surface area contributed by atoms with Crippen LogP contribution in [0.4, 0.5) is 10.5 Å². The zero-order valence-corrected chi connectivity index (χ0v) is 15.4. The molecule has 0 saturated carbocycles. The first kappa shape index (κ1) is 18.9. The Balaban J connectivity index is 1.70. The predicted octanol–water partition coefficient (Wildman–Crippen LogP) is 5.04. The number of non-ortho nitro benzene ring substituents is 1. The molecule has 0 aliphatic carbocycles. The molecule has 2 amide bonds. The van der Waals surface area contributed by atoms with Gasteiger partial charge in [-0.15, -0.1) is 0 Å². The predicted molar refractivity (Wildman–Crippen MR) is 105 cm³/mol. The number of amides is 2. The van der Waals surface area contributed by atoms with Gasteiger partial charge in [-0.3, -0.25) is 24.6 Å². The monoisotopic (exact) mass is 400 g/mol. The smallest absolute Gasteiger partial charge is 0.268 e. The van der Waals surface area contributed by atoms with Crippen LogP contribution in [0, 0.1) is 10.1 Å². The molecular weight excluding hydrogens is 388 g/mol. The van der Waals surface area contributed by atoms with Crippen LogP contribution in [0.1, 0.15) is 11.1 Å². The van der Waals surface area contributed by atoms with Crippen LogP contribution in [-0.2, 0) is 11.3 Å². The molecule has 136 valence electrons. The van der Waals surface area contributed by atoms with E-state index in [-0.39, 0.29) is 23.4 Å². The first-order valence-electron chi connectivity index (χ1n) is 7.85. The number of thioether (sulfide) groups is 1. The average Bonchev–Trinajstić information content (AvgIpc) is 2.91. The van der Waals surface area contributed by atoms with Crippen molar-refractivity contribution in [3.8, 4) is 0 Å². The molecule has 2 aromatic carbocycles. The summed E-state index contributed by atoms with van der Waals surface area (Å²) < 4.78 is 0. The maximum atomic E-state index is 12.5. The number of carbonyl (C=O) groups is 2. The third-order valence-electron chi connectivity index (χ3n) is 3.80. The van der Waals surface area contributed by atoms with Gasteiger partial charge in [0.2, 0.25) is 0 Å². The molecule has 8 heteroatoms. The third-order valence-corrected chi connectivity index (χ3v) is 5.09. The van der Waals surface area contributed by atoms with Crippen LogP contribution in [0.5, 0.6) is 0 Å². The van der Waals surface area contributed by atoms with Crippen molar-refractivity contribution < 1.29 is 14.5 Å². The van der Waals surface area contributed by atoms with Gasteiger partial charge in [-0.1, -0.05) is 42.0 Å². The van der Waals surface area contributed by atoms with Gasteiger partial charge >= 0.3 is 0 Å². The molecule has 0 aromatic heterocycles. The molecular formula is C19H13ClN2O4S. The summed E-state index contributed by atoms with van der Waals surface area (Å²) in [5.74, 6) is -0.377. The fourth-order valence-electron chi connectivity index (χ4n) is 2.40. The Morgan fingerprint density at radius 2 is 1.81 bits per heavy atom. The minimum atomic E-state index is -0.470. The number of hydrogen-bond donors (Lipinski definition) is 0. The highest BCUT2D eigenvalue weighted by atomic mass is 35.5. The van der Waals surface area contributed by atoms with Gasteiger partial charge in [0.25, 0.3) is 16.8 Å². The van der Waals surface area contributed by atoms with Gasteiger partial charge in [0.15, 0.2) is 0 Å². The SMILES string of the molecule is O=C1S/C(=C\C=C\c2ccc([N+](=O)[O-])cc2)C(=O)N1Cc1ccccc1Cl. The number of imide groups is 1. The quantitative estimate of drug-likeness (QED) is 0.399. The summed E-state index contributed by atoms with van der Waals surface area (Å²) in [5, 5.41) is 10.8. The molecule has 1 aliphatic heterocycles. The summed E-state index contributed by atoms with van der Waals surface area (Å²) in [6, 6.07) is 13.1. The molecule has 0 atom stereocenters. The molecule has 0 bridgehead atoms. The van der Waals surface area contributed by atoms with Crippen LogP contribution in [0.2, 0.25) is 5.02 Å². The van der Waals surface area contributed by atoms with E-state index in [2.05, 4.69) is 0 Å². The molecule has 0 radical (unpaired) electrons. The van der Waals surface area contributed by atoms with Crippen molar-refractivity contribution in [1.29, 1.82) is 0 Å². The number of carbonyl (C=O) groups excluding carboxylic acids is 2. The standard InChI is InChI=1S/C19H13ClN2O4S/c20-16-6-2-1-5-14(16)12-21-18(23)17(27-19(21)24)7-3-4-13-8-10-15(11-9-13)22(25)26/h1-11H,12H2/b4-3+,17-7-. The van der Waals surface area contributed by atoms with Crippen LogP contribution in [-0.4, -0.2) is 21.0 Å². The fourth-order valence-corrected chi connectivity index (χ4v) is 3.39. The number of allylic oxidation sites excluding steroid dienone is 2. The second kappa shape index (κ2) is 8.20. The van der Waals surface area contributed by atoms with Crippen molar-refractivity contribution in [3.05, 3.63) is 91.9 Å². The maximum Gasteiger partial charge on any atom is 0.293 e. The van der Waals surface area contributed by atoms with Gasteiger partial charge in [-0.2, -0.15) is 0 Å². The number of nitrogens with zero attached hydrogens (tertiary/aromatic N) is 2. The van der Waals surface area contributed by atoms with Gasteiger partial charge in [-0.05, 0) is 47.2 Å². The number of rotatable bonds is 5. The van der Waals surface area contributed by atoms with Crippen LogP contribution in [0.15, 0.2) is 65.6 Å². The Hall–Kier alpha value is -2.90. The summed E-state index contributed by atoms with van der Waals surface area (Å²) >= 11 is 6.96. The zero-order valence-electron chi connectivity index (χ0n) is 13.9. The van der Waals surface area contributed by atoms with Crippen LogP contribution < -0.4 is 0 Å². The number of nitro benzene ring substituents is 1. The number of nitro groups is 1. The Labute approximate surface area is 164 Å². The lowest BCUT2D eigenvalue weighted by Gasteiger charge is -2.13. The average molecular weight is 401 g/mol. The summed E-state index contributed by atoms with van der Waals surface area (Å²) in [6.45, 7) is 0.119. The lowest BCUT2D eigenvalue weighted by atomic mass is 10.2. The van der Waals surface area contributed by atoms with Gasteiger partial charge in [-0.25, -0.2) is 0 Å². The Morgan fingerprint density at radius 3 is 2.48 bits per heavy atom. The second-order valence-electron chi connectivity index (χ2n) is 5.59. The van der Waals surface area contributed by atoms with Crippen molar-refractivity contribution in [2.24, 2.45) is 0 Å². The number of hydrogen-bond acceptors (Lipinski definition) is 5. The minimum absolute atomic E-state index is 0.00726. The van der Waals surface area contributed by atoms with E-state index in [1.165, 1.54) is 12.1 Å². The van der Waals surface area contributed by atoms with E-state index in [1.807, 2.05) is 0 Å². The lowest BCUT2D eigenvalue weighted by Crippen LogP contribution is -2.27. The largest absolute Gasteiger partial charge is 0.293 e. The molecule has 0 spiro atoms. The zero-order chi connectivity index (χ0) is 19.4. The molecule has 2 aromatic rings. The molecule has 0 N–H and O–H groups in total. The molecule has 1 fully saturated rings. The molecule has 27 heavy (non-hydrogen) atoms. The van der Waals surface area contributed by atoms with Crippen LogP contribution >= 0.6 is 23.4 Å². The molecule has 1 saturated heterocycles. The summed E-state index contributed by atoms with van der Waals surface area (Å²) in [7, 11) is 0. The van der Waals surface area contributed by atoms with Gasteiger partial charge in [0.1, 0.15) is 0 Å². The van der Waals surface area contributed by atoms with Crippen molar-refractivity contribution in [2.75, 3.05) is 0 Å². The first-order chi connectivity index (χ1) is 13.0. The molecule has 3 rings (SSSR count). The molecule has 6 nitrogen and oxygen atoms in total. The Bertz CT molecular complexity index is 970. The Morgan fingerprint density at radius 1 is 1.11 bits per heavy atom. The lowest BCUT2D eigenvalue weighted by molar-refractivity contribution is -0.384. The molecule has 1 aliphatic rings. The van der Waals surface area contributed by atoms with Crippen LogP contribution in [0.25, 0.3) is 6.08 Å². The minimum Gasteiger partial charge on any atom is -0.268 e. The highest BCUT2D eigenvalue weighted by Gasteiger charge is 2.34. The van der Waals surface area contributed by atoms with E-state index < -0.39 is 4.92 Å². The fraction of sp³-hybridized carbons (Fsp3) is 0.0526. The second-order valence-corrected chi connectivity index (χ2v) is 6.99. The number of halogens is 1. The van der Waals surface area contributed by atoms with Crippen molar-refractivity contribution in [3.63, 3.8) is 0 Å². The van der Waals surface area contributed by atoms with Gasteiger partial charge < -0.3 is 0 Å². The summed E-state index contributed by atoms with van der Waals surface area (Å²) in [4.78, 5) is 36.2. The van der Waals surface area contributed by atoms with E-state index >= 15 is 0 Å². The summed E-state index contributed by atoms with van der Waals surface area (Å²) in [5.41, 5.74) is 1.45. The van der Waals surface area contributed by atoms with E-state index in [0.717, 1.165) is 22.2 Å². The highest BCUT2D eigenvalue weighted by molar-refractivity contribution is 8.18. The first-order valence-corrected chi connectivity index (χ1v) is 9.05. The summed E-state index contributed by atoms with van der Waals surface area (Å²) in [6.07, 6.45) is 4.89. The van der Waals surface area contributed by atoms with Gasteiger partial charge in [0, 0.05) is 17.2 Å². The van der Waals surface area contributed by atoms with E-state index in [4.69, 9.17) is 11.6 Å². The third kappa shape index (κ3) is 4.45. The van der Waals surface area contributed by atoms with E-state index in [1.54, 1.807) is 54.6 Å². The Kier molecular flexibility index (Phi) is 5.73. The van der Waals surface area contributed by atoms with Crippen molar-refractivity contribution in [2.45, 2.75) is 6.54 Å². The maximum absolute atomic E-state index is 12.5. The number of benzene rings is 2. The topological polar surface area (TPSA) is 80.5 Å². The van der Waals surface area contributed by atoms with Crippen molar-refractivity contribution in [1.82, 2.24) is 4.90 Å². The van der Waals surface area contributed by atoms with E-state index in [0.29, 0.717) is 15.5 Å². The van der Waals surface area contributed by atoms with Crippen molar-refractivity contribution >= 4 is 46.3 Å². The van der Waals surface area contributed by atoms with Crippen LogP contribution in [0.3, 0.4) is 0 Å². The highest BCUT2D eigenvalue weighted by Crippen LogP contribution is 2.32. The normalized spacial score (nSPS) is 15.9. The molecule has 0 unspecified atom stereocenters.